The first kappa shape index (κ1) is 52.0. The maximum Gasteiger partial charge on any atom is 0.341 e. The molecule has 1 aromatic rings. The number of sulfone groups is 1. The molecule has 0 aromatic heterocycles. The zero-order chi connectivity index (χ0) is 47.1. The molecule has 1 N–H and O–H groups in total. The summed E-state index contributed by atoms with van der Waals surface area (Å²) in [6, 6.07) is 8.14. The molecule has 1 aromatic carbocycles. The van der Waals surface area contributed by atoms with Gasteiger partial charge in [-0.15, -0.1) is 6.58 Å². The van der Waals surface area contributed by atoms with Crippen LogP contribution < -0.4 is 0 Å². The molecule has 4 heterocycles. The molecule has 15 heteroatoms. The van der Waals surface area contributed by atoms with Gasteiger partial charge >= 0.3 is 5.97 Å². The Balaban J connectivity index is 1.55. The van der Waals surface area contributed by atoms with E-state index in [1.807, 2.05) is 40.7 Å². The molecule has 0 bridgehead atoms. The Morgan fingerprint density at radius 1 is 1.03 bits per heavy atom. The van der Waals surface area contributed by atoms with Gasteiger partial charge in [0.1, 0.15) is 12.2 Å². The summed E-state index contributed by atoms with van der Waals surface area (Å²) in [5, 5.41) is 11.3. The second-order valence-electron chi connectivity index (χ2n) is 20.9. The second kappa shape index (κ2) is 19.3. The van der Waals surface area contributed by atoms with Crippen LogP contribution in [0.25, 0.3) is 0 Å². The third kappa shape index (κ3) is 11.1. The molecule has 0 radical (unpaired) electrons. The summed E-state index contributed by atoms with van der Waals surface area (Å²) in [4.78, 5) is 13.5. The zero-order valence-electron chi connectivity index (χ0n) is 40.6. The first-order chi connectivity index (χ1) is 29.1. The molecule has 4 aliphatic rings. The van der Waals surface area contributed by atoms with Crippen molar-refractivity contribution in [1.82, 2.24) is 0 Å². The highest BCUT2D eigenvalue weighted by molar-refractivity contribution is 7.92. The largest absolute Gasteiger partial charge is 0.464 e. The molecular weight excluding hydrogens is 845 g/mol. The lowest BCUT2D eigenvalue weighted by Crippen LogP contribution is -2.64. The molecule has 2 spiro atoms. The van der Waals surface area contributed by atoms with Crippen LogP contribution in [-0.2, 0) is 57.0 Å². The summed E-state index contributed by atoms with van der Waals surface area (Å²) >= 11 is 0. The van der Waals surface area contributed by atoms with Gasteiger partial charge in [-0.2, -0.15) is 0 Å². The molecule has 2 unspecified atom stereocenters. The van der Waals surface area contributed by atoms with Gasteiger partial charge in [0.2, 0.25) is 11.9 Å². The molecule has 13 nitrogen and oxygen atoms in total. The Bertz CT molecular complexity index is 1880. The monoisotopic (exact) mass is 922 g/mol. The van der Waals surface area contributed by atoms with Crippen LogP contribution in [0.2, 0.25) is 18.1 Å². The minimum Gasteiger partial charge on any atom is -0.464 e. The fraction of sp³-hybridized carbons (Fsp3) is 0.771. The number of ether oxygens (including phenoxy) is 8. The van der Waals surface area contributed by atoms with Crippen LogP contribution in [0.4, 0.5) is 0 Å². The number of hydrogen-bond donors (Lipinski definition) is 1. The Hall–Kier alpha value is -2.02. The van der Waals surface area contributed by atoms with Crippen molar-refractivity contribution in [2.45, 2.75) is 197 Å². The molecule has 63 heavy (non-hydrogen) atoms. The predicted molar refractivity (Wildman–Crippen MR) is 243 cm³/mol. The van der Waals surface area contributed by atoms with E-state index in [-0.39, 0.29) is 53.4 Å². The molecule has 0 aliphatic carbocycles. The van der Waals surface area contributed by atoms with Crippen molar-refractivity contribution in [2.24, 2.45) is 23.7 Å². The van der Waals surface area contributed by atoms with Gasteiger partial charge in [0, 0.05) is 31.3 Å². The normalized spacial score (nSPS) is 34.6. The van der Waals surface area contributed by atoms with Gasteiger partial charge in [-0.25, -0.2) is 13.2 Å². The van der Waals surface area contributed by atoms with Gasteiger partial charge in [-0.05, 0) is 97.0 Å². The Morgan fingerprint density at radius 3 is 2.25 bits per heavy atom. The molecule has 5 rings (SSSR count). The topological polar surface area (TPSA) is 155 Å². The summed E-state index contributed by atoms with van der Waals surface area (Å²) < 4.78 is 87.7. The van der Waals surface area contributed by atoms with E-state index >= 15 is 0 Å². The van der Waals surface area contributed by atoms with E-state index < -0.39 is 88.8 Å². The zero-order valence-corrected chi connectivity index (χ0v) is 42.4. The van der Waals surface area contributed by atoms with Crippen molar-refractivity contribution in [2.75, 3.05) is 20.3 Å². The fourth-order valence-corrected chi connectivity index (χ4v) is 13.2. The maximum absolute atomic E-state index is 15.0. The Morgan fingerprint density at radius 2 is 1.67 bits per heavy atom. The van der Waals surface area contributed by atoms with Gasteiger partial charge < -0.3 is 47.4 Å². The quantitative estimate of drug-likeness (QED) is 0.102. The van der Waals surface area contributed by atoms with E-state index in [1.165, 1.54) is 19.2 Å². The molecule has 4 aliphatic heterocycles. The van der Waals surface area contributed by atoms with Crippen LogP contribution in [-0.4, -0.2) is 113 Å². The molecule has 4 saturated heterocycles. The first-order valence-corrected chi connectivity index (χ1v) is 27.2. The number of carbonyl (C=O) groups excluding carboxylic acids is 1. The minimum absolute atomic E-state index is 0.0189. The van der Waals surface area contributed by atoms with Crippen molar-refractivity contribution in [3.05, 3.63) is 54.6 Å². The van der Waals surface area contributed by atoms with Gasteiger partial charge in [0.15, 0.2) is 35.5 Å². The summed E-state index contributed by atoms with van der Waals surface area (Å²) in [5.74, 6) is -7.09. The molecular formula is C48H78O13SSi. The van der Waals surface area contributed by atoms with Gasteiger partial charge in [-0.1, -0.05) is 77.5 Å². The molecule has 13 atom stereocenters. The highest BCUT2D eigenvalue weighted by atomic mass is 32.2. The average Bonchev–Trinajstić information content (AvgIpc) is 3.46. The van der Waals surface area contributed by atoms with E-state index in [9.17, 15) is 18.3 Å². The van der Waals surface area contributed by atoms with E-state index in [1.54, 1.807) is 39.0 Å². The number of methoxy groups -OCH3 is 1. The second-order valence-corrected chi connectivity index (χ2v) is 27.8. The number of hydrogen-bond acceptors (Lipinski definition) is 13. The lowest BCUT2D eigenvalue weighted by Gasteiger charge is -2.55. The number of aliphatic hydroxyl groups excluding tert-OH is 1. The smallest absolute Gasteiger partial charge is 0.341 e. The van der Waals surface area contributed by atoms with Crippen LogP contribution in [0.5, 0.6) is 0 Å². The lowest BCUT2D eigenvalue weighted by atomic mass is 9.80. The number of rotatable bonds is 15. The van der Waals surface area contributed by atoms with Crippen LogP contribution in [0.15, 0.2) is 59.5 Å². The van der Waals surface area contributed by atoms with Gasteiger partial charge in [0.05, 0.1) is 41.7 Å². The lowest BCUT2D eigenvalue weighted by molar-refractivity contribution is -0.425. The first-order valence-electron chi connectivity index (χ1n) is 22.8. The van der Waals surface area contributed by atoms with Crippen LogP contribution in [0.1, 0.15) is 109 Å². The van der Waals surface area contributed by atoms with E-state index in [0.29, 0.717) is 19.4 Å². The number of aliphatic hydroxyl groups is 1. The van der Waals surface area contributed by atoms with Crippen molar-refractivity contribution in [3.8, 4) is 0 Å². The maximum atomic E-state index is 15.0. The standard InChI is InChI=1S/C48H78O13SSi/c1-17-31(4)38-28-47(60-45(10,11)56-38)34(27-35(29-55-47)59-63(15,16)44(7,8)9)25-30(3)24-32(5)41(62(51,52)36-22-20-19-21-23-36)39(49)40-37(53-14)26-33(6)48(57-40)42(43(50)54-18-2)58-46(12,13)61-48/h17,19-23,25,31-35,37-42,49H,1,18,24,26-29H2,2-16H3/b30-25+/t31-,32-,33+,34-,35+,37-,38-,39?,40-,41?,42-,47+,48-/m0/s1. The van der Waals surface area contributed by atoms with Gasteiger partial charge in [0.25, 0.3) is 0 Å². The molecule has 358 valence electrons. The highest BCUT2D eigenvalue weighted by Gasteiger charge is 2.66. The van der Waals surface area contributed by atoms with Crippen LogP contribution in [0, 0.1) is 23.7 Å². The number of carbonyl (C=O) groups is 1. The minimum atomic E-state index is -4.24. The van der Waals surface area contributed by atoms with E-state index in [0.717, 1.165) is 5.57 Å². The molecule has 0 amide bonds. The third-order valence-corrected chi connectivity index (χ3v) is 20.8. The third-order valence-electron chi connectivity index (χ3n) is 13.9. The van der Waals surface area contributed by atoms with Crippen molar-refractivity contribution in [1.29, 1.82) is 0 Å². The summed E-state index contributed by atoms with van der Waals surface area (Å²) in [6.45, 7) is 32.2. The molecule has 4 fully saturated rings. The van der Waals surface area contributed by atoms with Crippen molar-refractivity contribution < 1.29 is 60.6 Å². The predicted octanol–water partition coefficient (Wildman–Crippen LogP) is 8.50. The summed E-state index contributed by atoms with van der Waals surface area (Å²) in [6.07, 6.45) is 0.275. The summed E-state index contributed by atoms with van der Waals surface area (Å²) in [7, 11) is -4.94. The number of allylic oxidation sites excluding steroid dienone is 1. The van der Waals surface area contributed by atoms with Crippen molar-refractivity contribution in [3.63, 3.8) is 0 Å². The molecule has 0 saturated carbocycles. The van der Waals surface area contributed by atoms with Crippen LogP contribution >= 0.6 is 0 Å². The van der Waals surface area contributed by atoms with Crippen molar-refractivity contribution >= 4 is 24.1 Å². The number of benzene rings is 1. The Kier molecular flexibility index (Phi) is 15.9. The van der Waals surface area contributed by atoms with Gasteiger partial charge in [-0.3, -0.25) is 0 Å². The highest BCUT2D eigenvalue weighted by Crippen LogP contribution is 2.51. The SMILES string of the molecule is C=C[C@H](C)[C@@H]1C[C@@]2(OC[C@H](O[Si](C)(C)C(C)(C)C)C[C@@H]2/C=C(\C)C[C@H](C)C(C(O)[C@H]2O[C@]3(OC(C)(C)O[C@H]3C(=O)OCC)[C@H](C)C[C@@H]2OC)S(=O)(=O)c2ccccc2)OC(C)(C)O1. The van der Waals surface area contributed by atoms with E-state index in [4.69, 9.17) is 42.3 Å². The number of esters is 1. The Labute approximate surface area is 378 Å². The average molecular weight is 923 g/mol. The fourth-order valence-electron chi connectivity index (χ4n) is 9.76. The van der Waals surface area contributed by atoms with E-state index in [2.05, 4.69) is 53.4 Å². The summed E-state index contributed by atoms with van der Waals surface area (Å²) in [5.41, 5.74) is 0.889. The van der Waals surface area contributed by atoms with Crippen LogP contribution in [0.3, 0.4) is 0 Å².